The summed E-state index contributed by atoms with van der Waals surface area (Å²) in [4.78, 5) is 17.1. The summed E-state index contributed by atoms with van der Waals surface area (Å²) in [6, 6.07) is 0.279. The molecule has 0 saturated carbocycles. The van der Waals surface area contributed by atoms with Gasteiger partial charge >= 0.3 is 6.09 Å². The zero-order valence-corrected chi connectivity index (χ0v) is 14.9. The van der Waals surface area contributed by atoms with E-state index in [2.05, 4.69) is 24.1 Å². The Bertz CT molecular complexity index is 384. The van der Waals surface area contributed by atoms with Crippen LogP contribution in [0.25, 0.3) is 0 Å². The summed E-state index contributed by atoms with van der Waals surface area (Å²) in [5.41, 5.74) is -0.255. The van der Waals surface area contributed by atoms with Crippen molar-refractivity contribution >= 4 is 6.09 Å². The Morgan fingerprint density at radius 1 is 1.27 bits per heavy atom. The SMILES string of the molecule is CC1(C)CCC(CN2CCNCC2)N(C(=O)OC(C)(C)C)C1. The molecule has 128 valence electrons. The highest BCUT2D eigenvalue weighted by atomic mass is 16.6. The Labute approximate surface area is 135 Å². The summed E-state index contributed by atoms with van der Waals surface area (Å²) in [5.74, 6) is 0. The van der Waals surface area contributed by atoms with Gasteiger partial charge in [0, 0.05) is 45.3 Å². The predicted octanol–water partition coefficient (Wildman–Crippen LogP) is 2.32. The monoisotopic (exact) mass is 311 g/mol. The van der Waals surface area contributed by atoms with Crippen molar-refractivity contribution in [3.63, 3.8) is 0 Å². The fourth-order valence-electron chi connectivity index (χ4n) is 3.30. The molecule has 1 atom stereocenters. The van der Waals surface area contributed by atoms with Gasteiger partial charge in [0.2, 0.25) is 0 Å². The molecule has 2 aliphatic heterocycles. The predicted molar refractivity (Wildman–Crippen MR) is 89.1 cm³/mol. The molecule has 0 aromatic rings. The van der Waals surface area contributed by atoms with E-state index in [9.17, 15) is 4.79 Å². The summed E-state index contributed by atoms with van der Waals surface area (Å²) in [5, 5.41) is 3.38. The van der Waals surface area contributed by atoms with E-state index in [-0.39, 0.29) is 17.6 Å². The third-order valence-electron chi connectivity index (χ3n) is 4.50. The van der Waals surface area contributed by atoms with Crippen LogP contribution in [-0.2, 0) is 4.74 Å². The van der Waals surface area contributed by atoms with Crippen molar-refractivity contribution in [1.29, 1.82) is 0 Å². The average Bonchev–Trinajstić information content (AvgIpc) is 2.40. The van der Waals surface area contributed by atoms with Gasteiger partial charge in [-0.15, -0.1) is 0 Å². The van der Waals surface area contributed by atoms with Crippen molar-refractivity contribution in [1.82, 2.24) is 15.1 Å². The van der Waals surface area contributed by atoms with Gasteiger partial charge in [0.05, 0.1) is 0 Å². The van der Waals surface area contributed by atoms with E-state index < -0.39 is 5.60 Å². The van der Waals surface area contributed by atoms with Crippen molar-refractivity contribution in [2.24, 2.45) is 5.41 Å². The second-order valence-electron chi connectivity index (χ2n) is 8.52. The third-order valence-corrected chi connectivity index (χ3v) is 4.50. The van der Waals surface area contributed by atoms with Gasteiger partial charge in [0.1, 0.15) is 5.60 Å². The lowest BCUT2D eigenvalue weighted by atomic mass is 9.81. The highest BCUT2D eigenvalue weighted by Gasteiger charge is 2.38. The van der Waals surface area contributed by atoms with Gasteiger partial charge in [-0.25, -0.2) is 4.79 Å². The van der Waals surface area contributed by atoms with Crippen LogP contribution in [0.2, 0.25) is 0 Å². The molecule has 0 aromatic heterocycles. The van der Waals surface area contributed by atoms with E-state index in [0.29, 0.717) is 0 Å². The molecule has 1 N–H and O–H groups in total. The maximum Gasteiger partial charge on any atom is 0.410 e. The summed E-state index contributed by atoms with van der Waals surface area (Å²) in [6.07, 6.45) is 2.08. The first kappa shape index (κ1) is 17.5. The minimum atomic E-state index is -0.432. The smallest absolute Gasteiger partial charge is 0.410 e. The number of piperidine rings is 1. The number of likely N-dealkylation sites (tertiary alicyclic amines) is 1. The quantitative estimate of drug-likeness (QED) is 0.850. The Morgan fingerprint density at radius 2 is 1.91 bits per heavy atom. The van der Waals surface area contributed by atoms with Gasteiger partial charge in [0.15, 0.2) is 0 Å². The molecule has 0 aliphatic carbocycles. The maximum atomic E-state index is 12.6. The number of nitrogens with zero attached hydrogens (tertiary/aromatic N) is 2. The fourth-order valence-corrected chi connectivity index (χ4v) is 3.30. The van der Waals surface area contributed by atoms with Crippen molar-refractivity contribution in [2.75, 3.05) is 39.3 Å². The molecule has 0 bridgehead atoms. The average molecular weight is 311 g/mol. The molecular formula is C17H33N3O2. The molecule has 0 radical (unpaired) electrons. The lowest BCUT2D eigenvalue weighted by Gasteiger charge is -2.45. The lowest BCUT2D eigenvalue weighted by molar-refractivity contribution is -0.0138. The number of hydrogen-bond acceptors (Lipinski definition) is 4. The number of nitrogens with one attached hydrogen (secondary N) is 1. The summed E-state index contributed by atoms with van der Waals surface area (Å²) < 4.78 is 5.65. The first-order valence-electron chi connectivity index (χ1n) is 8.59. The standard InChI is InChI=1S/C17H33N3O2/c1-16(2,3)22-15(21)20-13-17(4,5)7-6-14(20)12-19-10-8-18-9-11-19/h14,18H,6-13H2,1-5H3. The van der Waals surface area contributed by atoms with Crippen molar-refractivity contribution in [3.8, 4) is 0 Å². The molecule has 0 aromatic carbocycles. The lowest BCUT2D eigenvalue weighted by Crippen LogP contribution is -2.56. The molecular weight excluding hydrogens is 278 g/mol. The van der Waals surface area contributed by atoms with Crippen LogP contribution in [0.5, 0.6) is 0 Å². The van der Waals surface area contributed by atoms with Crippen molar-refractivity contribution in [3.05, 3.63) is 0 Å². The molecule has 1 unspecified atom stereocenters. The highest BCUT2D eigenvalue weighted by Crippen LogP contribution is 2.33. The van der Waals surface area contributed by atoms with E-state index in [1.807, 2.05) is 25.7 Å². The third kappa shape index (κ3) is 5.13. The number of carbonyl (C=O) groups is 1. The minimum absolute atomic E-state index is 0.152. The zero-order chi connectivity index (χ0) is 16.4. The number of rotatable bonds is 2. The van der Waals surface area contributed by atoms with E-state index in [4.69, 9.17) is 4.74 Å². The molecule has 2 saturated heterocycles. The van der Waals surface area contributed by atoms with Gasteiger partial charge < -0.3 is 15.0 Å². The number of amides is 1. The van der Waals surface area contributed by atoms with Crippen molar-refractivity contribution < 1.29 is 9.53 Å². The molecule has 2 fully saturated rings. The normalized spacial score (nSPS) is 26.8. The summed E-state index contributed by atoms with van der Waals surface area (Å²) in [6.45, 7) is 16.3. The van der Waals surface area contributed by atoms with Crippen LogP contribution in [0.3, 0.4) is 0 Å². The zero-order valence-electron chi connectivity index (χ0n) is 14.9. The maximum absolute atomic E-state index is 12.6. The summed E-state index contributed by atoms with van der Waals surface area (Å²) in [7, 11) is 0. The fraction of sp³-hybridized carbons (Fsp3) is 0.941. The van der Waals surface area contributed by atoms with Gasteiger partial charge in [-0.05, 0) is 39.0 Å². The number of piperazine rings is 1. The van der Waals surface area contributed by atoms with E-state index in [0.717, 1.165) is 45.7 Å². The molecule has 2 aliphatic rings. The van der Waals surface area contributed by atoms with E-state index in [1.165, 1.54) is 6.42 Å². The second kappa shape index (κ2) is 6.75. The molecule has 2 heterocycles. The van der Waals surface area contributed by atoms with E-state index in [1.54, 1.807) is 0 Å². The van der Waals surface area contributed by atoms with Crippen LogP contribution >= 0.6 is 0 Å². The Balaban J connectivity index is 2.03. The van der Waals surface area contributed by atoms with Crippen LogP contribution in [0, 0.1) is 5.41 Å². The molecule has 0 spiro atoms. The Hall–Kier alpha value is -0.810. The largest absolute Gasteiger partial charge is 0.444 e. The summed E-state index contributed by atoms with van der Waals surface area (Å²) >= 11 is 0. The number of ether oxygens (including phenoxy) is 1. The van der Waals surface area contributed by atoms with Crippen LogP contribution in [0.1, 0.15) is 47.5 Å². The molecule has 22 heavy (non-hydrogen) atoms. The molecule has 5 heteroatoms. The van der Waals surface area contributed by atoms with Gasteiger partial charge in [0.25, 0.3) is 0 Å². The number of carbonyl (C=O) groups excluding carboxylic acids is 1. The molecule has 1 amide bonds. The Morgan fingerprint density at radius 3 is 2.50 bits per heavy atom. The topological polar surface area (TPSA) is 44.8 Å². The first-order valence-corrected chi connectivity index (χ1v) is 8.59. The number of hydrogen-bond donors (Lipinski definition) is 1. The first-order chi connectivity index (χ1) is 10.2. The Kier molecular flexibility index (Phi) is 5.38. The van der Waals surface area contributed by atoms with Crippen LogP contribution in [0.4, 0.5) is 4.79 Å². The minimum Gasteiger partial charge on any atom is -0.444 e. The van der Waals surface area contributed by atoms with Crippen molar-refractivity contribution in [2.45, 2.75) is 59.1 Å². The van der Waals surface area contributed by atoms with Crippen LogP contribution in [-0.4, -0.2) is 66.8 Å². The van der Waals surface area contributed by atoms with Gasteiger partial charge in [-0.3, -0.25) is 4.90 Å². The highest BCUT2D eigenvalue weighted by molar-refractivity contribution is 5.68. The van der Waals surface area contributed by atoms with E-state index >= 15 is 0 Å². The molecule has 2 rings (SSSR count). The van der Waals surface area contributed by atoms with Gasteiger partial charge in [-0.2, -0.15) is 0 Å². The second-order valence-corrected chi connectivity index (χ2v) is 8.52. The van der Waals surface area contributed by atoms with Gasteiger partial charge in [-0.1, -0.05) is 13.8 Å². The molecule has 5 nitrogen and oxygen atoms in total. The van der Waals surface area contributed by atoms with Crippen LogP contribution in [0.15, 0.2) is 0 Å². The van der Waals surface area contributed by atoms with Crippen LogP contribution < -0.4 is 5.32 Å².